The van der Waals surface area contributed by atoms with Gasteiger partial charge in [-0.05, 0) is 114 Å². The zero-order valence-corrected chi connectivity index (χ0v) is 40.9. The molecule has 0 atom stereocenters. The Kier molecular flexibility index (Phi) is 10.2. The van der Waals surface area contributed by atoms with Gasteiger partial charge in [-0.2, -0.15) is 5.26 Å². The summed E-state index contributed by atoms with van der Waals surface area (Å²) in [4.78, 5) is 21.2. The van der Waals surface area contributed by atoms with Crippen molar-refractivity contribution in [2.45, 2.75) is 0 Å². The summed E-state index contributed by atoms with van der Waals surface area (Å²) < 4.78 is 6.94. The van der Waals surface area contributed by atoms with Crippen LogP contribution in [0.5, 0.6) is 0 Å². The minimum atomic E-state index is 0.422. The van der Waals surface area contributed by atoms with Crippen molar-refractivity contribution in [3.63, 3.8) is 0 Å². The van der Waals surface area contributed by atoms with E-state index in [0.717, 1.165) is 88.4 Å². The predicted octanol–water partition coefficient (Wildman–Crippen LogP) is 18.0. The lowest BCUT2D eigenvalue weighted by molar-refractivity contribution is 1.16. The van der Waals surface area contributed by atoms with Crippen molar-refractivity contribution < 1.29 is 0 Å². The molecule has 0 aliphatic carbocycles. The summed E-state index contributed by atoms with van der Waals surface area (Å²) in [5, 5.41) is 16.3. The lowest BCUT2D eigenvalue weighted by Crippen LogP contribution is -1.97. The molecule has 4 aromatic heterocycles. The van der Waals surface area contributed by atoms with E-state index in [0.29, 0.717) is 51.0 Å². The maximum absolute atomic E-state index is 9.92. The second kappa shape index (κ2) is 17.7. The Morgan fingerprint density at radius 2 is 0.792 bits per heavy atom. The van der Waals surface area contributed by atoms with Crippen LogP contribution in [0.2, 0.25) is 0 Å². The maximum Gasteiger partial charge on any atom is 0.198 e. The number of para-hydroxylation sites is 4. The molecule has 10 aromatic carbocycles. The first-order valence-corrected chi connectivity index (χ1v) is 25.0. The number of hydrogen-bond acceptors (Lipinski definition) is 3. The largest absolute Gasteiger partial charge is 0.309 e. The van der Waals surface area contributed by atoms with Crippen LogP contribution < -0.4 is 0 Å². The summed E-state index contributed by atoms with van der Waals surface area (Å²) in [6, 6.07) is 78.1. The standard InChI is InChI=1S/C68H37N9/c1-70-46-27-33-65-55(37-46)54-36-42(41-69)20-32-64(54)77(65)49-31-35-67-57(39-49)56-38-48(76-62-18-10-6-12-50(62)51-13-7-11-19-63(51)76)30-34-66(56)75(67)47-28-25-44(26-29-47)43-21-23-45(24-22-43)60-40-61(52-14-4-8-16-58(52)71-2)74-68(73-60)53-15-5-9-17-59(53)72-3/h4-40H. The highest BCUT2D eigenvalue weighted by Crippen LogP contribution is 2.42. The van der Waals surface area contributed by atoms with Crippen molar-refractivity contribution in [3.8, 4) is 68.2 Å². The number of aromatic nitrogens is 5. The fraction of sp³-hybridized carbons (Fsp3) is 0. The molecule has 0 unspecified atom stereocenters. The van der Waals surface area contributed by atoms with Crippen LogP contribution in [-0.4, -0.2) is 23.7 Å². The average molecular weight is 980 g/mol. The number of fused-ring (bicyclic) bond motifs is 9. The molecular weight excluding hydrogens is 943 g/mol. The van der Waals surface area contributed by atoms with Gasteiger partial charge in [-0.1, -0.05) is 127 Å². The Morgan fingerprint density at radius 3 is 1.39 bits per heavy atom. The van der Waals surface area contributed by atoms with Gasteiger partial charge >= 0.3 is 0 Å². The van der Waals surface area contributed by atoms with Crippen LogP contribution in [0.3, 0.4) is 0 Å². The summed E-state index contributed by atoms with van der Waals surface area (Å²) in [7, 11) is 0. The molecule has 14 rings (SSSR count). The molecule has 0 spiro atoms. The molecule has 0 N–H and O–H groups in total. The summed E-state index contributed by atoms with van der Waals surface area (Å²) in [6.07, 6.45) is 0. The molecule has 0 amide bonds. The van der Waals surface area contributed by atoms with Crippen LogP contribution in [0.1, 0.15) is 5.56 Å². The van der Waals surface area contributed by atoms with Crippen molar-refractivity contribution in [2.24, 2.45) is 0 Å². The van der Waals surface area contributed by atoms with Crippen molar-refractivity contribution in [1.82, 2.24) is 23.7 Å². The maximum atomic E-state index is 9.92. The van der Waals surface area contributed by atoms with E-state index in [9.17, 15) is 5.26 Å². The molecular formula is C68H37N9. The van der Waals surface area contributed by atoms with Gasteiger partial charge in [-0.3, -0.25) is 0 Å². The van der Waals surface area contributed by atoms with Crippen LogP contribution >= 0.6 is 0 Å². The lowest BCUT2D eigenvalue weighted by Gasteiger charge is -2.12. The van der Waals surface area contributed by atoms with Gasteiger partial charge in [-0.25, -0.2) is 24.5 Å². The zero-order valence-electron chi connectivity index (χ0n) is 40.9. The number of rotatable bonds is 7. The van der Waals surface area contributed by atoms with Gasteiger partial charge in [0.05, 0.1) is 75.8 Å². The predicted molar refractivity (Wildman–Crippen MR) is 310 cm³/mol. The van der Waals surface area contributed by atoms with Crippen LogP contribution in [0, 0.1) is 31.0 Å². The highest BCUT2D eigenvalue weighted by atomic mass is 15.0. The topological polar surface area (TPSA) is 77.4 Å². The van der Waals surface area contributed by atoms with E-state index in [4.69, 9.17) is 29.7 Å². The molecule has 0 radical (unpaired) electrons. The average Bonchev–Trinajstić information content (AvgIpc) is 4.30. The van der Waals surface area contributed by atoms with Crippen molar-refractivity contribution in [3.05, 3.63) is 264 Å². The van der Waals surface area contributed by atoms with E-state index < -0.39 is 0 Å². The lowest BCUT2D eigenvalue weighted by atomic mass is 10.0. The first-order valence-electron chi connectivity index (χ1n) is 25.0. The third-order valence-electron chi connectivity index (χ3n) is 14.8. The number of nitriles is 1. The summed E-state index contributed by atoms with van der Waals surface area (Å²) >= 11 is 0. The van der Waals surface area contributed by atoms with E-state index in [2.05, 4.69) is 168 Å². The number of benzene rings is 10. The SMILES string of the molecule is [C-]#[N+]c1ccc2c(c1)c1cc(C#N)ccc1n2-c1ccc2c(c1)c1cc(-n3c4ccccc4c4ccccc43)ccc1n2-c1ccc(-c2ccc(-c3cc(-c4ccccc4[N+]#[C-])nc(-c4ccccc4[N+]#[C-])n3)cc2)cc1. The minimum absolute atomic E-state index is 0.422. The Bertz CT molecular complexity index is 4770. The van der Waals surface area contributed by atoms with E-state index in [1.54, 1.807) is 12.1 Å². The highest BCUT2D eigenvalue weighted by molar-refractivity contribution is 6.14. The summed E-state index contributed by atoms with van der Waals surface area (Å²) in [5.41, 5.74) is 17.0. The van der Waals surface area contributed by atoms with Crippen molar-refractivity contribution in [1.29, 1.82) is 5.26 Å². The first-order chi connectivity index (χ1) is 38.0. The van der Waals surface area contributed by atoms with E-state index in [1.807, 2.05) is 78.9 Å². The molecule has 77 heavy (non-hydrogen) atoms. The van der Waals surface area contributed by atoms with Crippen LogP contribution in [0.4, 0.5) is 17.1 Å². The molecule has 9 heteroatoms. The van der Waals surface area contributed by atoms with Gasteiger partial charge in [0, 0.05) is 60.7 Å². The molecule has 0 fully saturated rings. The molecule has 0 aliphatic heterocycles. The summed E-state index contributed by atoms with van der Waals surface area (Å²) in [6.45, 7) is 23.5. The fourth-order valence-corrected chi connectivity index (χ4v) is 11.2. The first kappa shape index (κ1) is 44.3. The number of nitrogens with zero attached hydrogens (tertiary/aromatic N) is 9. The molecule has 4 heterocycles. The monoisotopic (exact) mass is 979 g/mol. The van der Waals surface area contributed by atoms with Gasteiger partial charge < -0.3 is 13.7 Å². The van der Waals surface area contributed by atoms with Crippen LogP contribution in [0.15, 0.2) is 224 Å². The fourth-order valence-electron chi connectivity index (χ4n) is 11.2. The van der Waals surface area contributed by atoms with Gasteiger partial charge in [0.2, 0.25) is 0 Å². The third kappa shape index (κ3) is 7.13. The molecule has 9 nitrogen and oxygen atoms in total. The molecule has 0 bridgehead atoms. The molecule has 0 aliphatic rings. The molecule has 0 saturated heterocycles. The Hall–Kier alpha value is -11.4. The Morgan fingerprint density at radius 1 is 0.351 bits per heavy atom. The Labute approximate surface area is 441 Å². The van der Waals surface area contributed by atoms with Gasteiger partial charge in [0.1, 0.15) is 5.82 Å². The quantitative estimate of drug-likeness (QED) is 0.149. The van der Waals surface area contributed by atoms with Crippen molar-refractivity contribution >= 4 is 82.5 Å². The Balaban J connectivity index is 0.897. The second-order valence-corrected chi connectivity index (χ2v) is 18.9. The van der Waals surface area contributed by atoms with Gasteiger partial charge in [0.25, 0.3) is 0 Å². The van der Waals surface area contributed by atoms with E-state index >= 15 is 0 Å². The van der Waals surface area contributed by atoms with Crippen molar-refractivity contribution in [2.75, 3.05) is 0 Å². The van der Waals surface area contributed by atoms with Crippen LogP contribution in [-0.2, 0) is 0 Å². The normalized spacial score (nSPS) is 11.3. The van der Waals surface area contributed by atoms with Gasteiger partial charge in [0.15, 0.2) is 17.1 Å². The zero-order chi connectivity index (χ0) is 51.7. The smallest absolute Gasteiger partial charge is 0.198 e. The van der Waals surface area contributed by atoms with E-state index in [-0.39, 0.29) is 0 Å². The van der Waals surface area contributed by atoms with E-state index in [1.165, 1.54) is 10.8 Å². The third-order valence-corrected chi connectivity index (χ3v) is 14.8. The highest BCUT2D eigenvalue weighted by Gasteiger charge is 2.21. The summed E-state index contributed by atoms with van der Waals surface area (Å²) in [5.74, 6) is 0.422. The molecule has 0 saturated carbocycles. The van der Waals surface area contributed by atoms with Crippen LogP contribution in [0.25, 0.3) is 142 Å². The molecule has 354 valence electrons. The molecule has 14 aromatic rings. The number of hydrogen-bond donors (Lipinski definition) is 0. The second-order valence-electron chi connectivity index (χ2n) is 18.9. The minimum Gasteiger partial charge on any atom is -0.309 e. The van der Waals surface area contributed by atoms with Gasteiger partial charge in [-0.15, -0.1) is 0 Å².